The molecule has 0 saturated heterocycles. The van der Waals surface area contributed by atoms with E-state index in [-0.39, 0.29) is 0 Å². The fraction of sp³-hybridized carbons (Fsp3) is 0. The molecule has 5 heteroatoms. The van der Waals surface area contributed by atoms with Gasteiger partial charge in [0.2, 0.25) is 0 Å². The second-order valence-electron chi connectivity index (χ2n) is 5.16. The van der Waals surface area contributed by atoms with Crippen LogP contribution in [0.4, 0.5) is 5.82 Å². The highest BCUT2D eigenvalue weighted by atomic mass is 35.5. The maximum atomic E-state index is 6.73. The van der Waals surface area contributed by atoms with E-state index in [1.54, 1.807) is 0 Å². The Balaban J connectivity index is 2.14. The second kappa shape index (κ2) is 5.41. The molecule has 0 radical (unpaired) electrons. The number of fused-ring (bicyclic) bond motifs is 1. The zero-order valence-corrected chi connectivity index (χ0v) is 12.9. The normalized spacial score (nSPS) is 11.0. The average Bonchev–Trinajstić information content (AvgIpc) is 2.90. The van der Waals surface area contributed by atoms with Crippen molar-refractivity contribution in [3.63, 3.8) is 0 Å². The van der Waals surface area contributed by atoms with E-state index in [1.807, 2.05) is 65.2 Å². The van der Waals surface area contributed by atoms with Crippen LogP contribution in [0.5, 0.6) is 0 Å². The summed E-state index contributed by atoms with van der Waals surface area (Å²) in [5.74, 6) is 0.422. The number of hydrogen-bond acceptors (Lipinski definition) is 3. The van der Waals surface area contributed by atoms with E-state index in [0.29, 0.717) is 16.6 Å². The number of benzene rings is 2. The van der Waals surface area contributed by atoms with E-state index in [0.717, 1.165) is 22.2 Å². The molecular formula is C18H13ClN4. The van der Waals surface area contributed by atoms with Crippen molar-refractivity contribution in [3.8, 4) is 16.8 Å². The standard InChI is InChI=1S/C18H13ClN4/c19-16-14(12-7-3-1-4-8-12)15-17(20)21-11-22-18(15)23(16)13-9-5-2-6-10-13/h1-11H,(H2,20,21,22). The summed E-state index contributed by atoms with van der Waals surface area (Å²) in [5.41, 5.74) is 9.60. The number of hydrogen-bond donors (Lipinski definition) is 1. The molecule has 0 aliphatic heterocycles. The van der Waals surface area contributed by atoms with Crippen LogP contribution in [0.3, 0.4) is 0 Å². The van der Waals surface area contributed by atoms with Crippen molar-refractivity contribution >= 4 is 28.5 Å². The number of nitrogens with zero attached hydrogens (tertiary/aromatic N) is 3. The number of rotatable bonds is 2. The van der Waals surface area contributed by atoms with E-state index in [4.69, 9.17) is 17.3 Å². The SMILES string of the molecule is Nc1ncnc2c1c(-c1ccccc1)c(Cl)n2-c1ccccc1. The van der Waals surface area contributed by atoms with Crippen molar-refractivity contribution in [3.05, 3.63) is 72.1 Å². The molecule has 0 aliphatic carbocycles. The first-order valence-electron chi connectivity index (χ1n) is 7.18. The molecule has 0 amide bonds. The van der Waals surface area contributed by atoms with Gasteiger partial charge in [0.1, 0.15) is 17.3 Å². The molecule has 2 N–H and O–H groups in total. The fourth-order valence-corrected chi connectivity index (χ4v) is 3.17. The van der Waals surface area contributed by atoms with E-state index in [1.165, 1.54) is 6.33 Å². The Morgan fingerprint density at radius 2 is 1.52 bits per heavy atom. The van der Waals surface area contributed by atoms with Crippen LogP contribution in [0.1, 0.15) is 0 Å². The molecule has 23 heavy (non-hydrogen) atoms. The number of para-hydroxylation sites is 1. The number of nitrogens with two attached hydrogens (primary N) is 1. The molecule has 4 rings (SSSR count). The summed E-state index contributed by atoms with van der Waals surface area (Å²) in [6.45, 7) is 0. The molecule has 0 spiro atoms. The van der Waals surface area contributed by atoms with Crippen molar-refractivity contribution in [2.24, 2.45) is 0 Å². The van der Waals surface area contributed by atoms with Crippen LogP contribution < -0.4 is 5.73 Å². The largest absolute Gasteiger partial charge is 0.383 e. The minimum Gasteiger partial charge on any atom is -0.383 e. The summed E-state index contributed by atoms with van der Waals surface area (Å²) in [7, 11) is 0. The van der Waals surface area contributed by atoms with Gasteiger partial charge in [-0.05, 0) is 17.7 Å². The predicted molar refractivity (Wildman–Crippen MR) is 93.7 cm³/mol. The number of aromatic nitrogens is 3. The van der Waals surface area contributed by atoms with Gasteiger partial charge in [-0.25, -0.2) is 9.97 Å². The maximum Gasteiger partial charge on any atom is 0.151 e. The average molecular weight is 321 g/mol. The van der Waals surface area contributed by atoms with Crippen LogP contribution in [0, 0.1) is 0 Å². The van der Waals surface area contributed by atoms with Gasteiger partial charge in [0, 0.05) is 11.3 Å². The van der Waals surface area contributed by atoms with Gasteiger partial charge in [0.25, 0.3) is 0 Å². The lowest BCUT2D eigenvalue weighted by Gasteiger charge is -2.06. The Hall–Kier alpha value is -2.85. The summed E-state index contributed by atoms with van der Waals surface area (Å²) < 4.78 is 1.90. The molecule has 4 nitrogen and oxygen atoms in total. The summed E-state index contributed by atoms with van der Waals surface area (Å²) >= 11 is 6.73. The highest BCUT2D eigenvalue weighted by molar-refractivity contribution is 6.35. The smallest absolute Gasteiger partial charge is 0.151 e. The van der Waals surface area contributed by atoms with Crippen LogP contribution in [0.15, 0.2) is 67.0 Å². The van der Waals surface area contributed by atoms with Crippen LogP contribution in [0.25, 0.3) is 27.8 Å². The zero-order chi connectivity index (χ0) is 15.8. The fourth-order valence-electron chi connectivity index (χ4n) is 2.79. The third kappa shape index (κ3) is 2.15. The van der Waals surface area contributed by atoms with Crippen LogP contribution in [0.2, 0.25) is 5.15 Å². The molecule has 2 aromatic carbocycles. The Labute approximate surface area is 138 Å². The monoisotopic (exact) mass is 320 g/mol. The molecule has 0 atom stereocenters. The molecule has 4 aromatic rings. The summed E-state index contributed by atoms with van der Waals surface area (Å²) in [6, 6.07) is 19.8. The van der Waals surface area contributed by atoms with Gasteiger partial charge < -0.3 is 5.73 Å². The zero-order valence-electron chi connectivity index (χ0n) is 12.1. The van der Waals surface area contributed by atoms with Crippen LogP contribution in [-0.4, -0.2) is 14.5 Å². The van der Waals surface area contributed by atoms with Gasteiger partial charge in [-0.15, -0.1) is 0 Å². The number of halogens is 1. The van der Waals surface area contributed by atoms with E-state index >= 15 is 0 Å². The highest BCUT2D eigenvalue weighted by Gasteiger charge is 2.21. The van der Waals surface area contributed by atoms with Crippen molar-refractivity contribution in [1.82, 2.24) is 14.5 Å². The predicted octanol–water partition coefficient (Wildman–Crippen LogP) is 4.32. The van der Waals surface area contributed by atoms with Gasteiger partial charge in [-0.3, -0.25) is 4.57 Å². The Kier molecular flexibility index (Phi) is 3.24. The molecule has 0 unspecified atom stereocenters. The molecular weight excluding hydrogens is 308 g/mol. The lowest BCUT2D eigenvalue weighted by molar-refractivity contribution is 1.08. The summed E-state index contributed by atoms with van der Waals surface area (Å²) in [6.07, 6.45) is 1.46. The number of anilines is 1. The maximum absolute atomic E-state index is 6.73. The van der Waals surface area contributed by atoms with Crippen molar-refractivity contribution in [2.45, 2.75) is 0 Å². The summed E-state index contributed by atoms with van der Waals surface area (Å²) in [4.78, 5) is 8.55. The minimum atomic E-state index is 0.422. The molecule has 2 heterocycles. The Morgan fingerprint density at radius 1 is 0.870 bits per heavy atom. The van der Waals surface area contributed by atoms with Gasteiger partial charge in [0.05, 0.1) is 5.39 Å². The topological polar surface area (TPSA) is 56.7 Å². The lowest BCUT2D eigenvalue weighted by atomic mass is 10.1. The van der Waals surface area contributed by atoms with Gasteiger partial charge in [-0.1, -0.05) is 60.1 Å². The first kappa shape index (κ1) is 13.8. The quantitative estimate of drug-likeness (QED) is 0.598. The van der Waals surface area contributed by atoms with E-state index < -0.39 is 0 Å². The molecule has 0 fully saturated rings. The Bertz CT molecular complexity index is 978. The third-order valence-electron chi connectivity index (χ3n) is 3.80. The van der Waals surface area contributed by atoms with Gasteiger partial charge in [0.15, 0.2) is 5.65 Å². The number of nitrogen functional groups attached to an aromatic ring is 1. The molecule has 112 valence electrons. The van der Waals surface area contributed by atoms with E-state index in [9.17, 15) is 0 Å². The van der Waals surface area contributed by atoms with Crippen molar-refractivity contribution in [2.75, 3.05) is 5.73 Å². The molecule has 0 aliphatic rings. The minimum absolute atomic E-state index is 0.422. The van der Waals surface area contributed by atoms with Crippen LogP contribution >= 0.6 is 11.6 Å². The molecule has 2 aromatic heterocycles. The first-order valence-corrected chi connectivity index (χ1v) is 7.56. The van der Waals surface area contributed by atoms with Gasteiger partial charge >= 0.3 is 0 Å². The molecule has 0 saturated carbocycles. The van der Waals surface area contributed by atoms with Crippen molar-refractivity contribution < 1.29 is 0 Å². The lowest BCUT2D eigenvalue weighted by Crippen LogP contribution is -1.97. The van der Waals surface area contributed by atoms with Crippen LogP contribution in [-0.2, 0) is 0 Å². The van der Waals surface area contributed by atoms with Crippen molar-refractivity contribution in [1.29, 1.82) is 0 Å². The van der Waals surface area contributed by atoms with E-state index in [2.05, 4.69) is 9.97 Å². The molecule has 0 bridgehead atoms. The summed E-state index contributed by atoms with van der Waals surface area (Å²) in [5, 5.41) is 1.34. The Morgan fingerprint density at radius 3 is 2.22 bits per heavy atom. The second-order valence-corrected chi connectivity index (χ2v) is 5.52. The first-order chi connectivity index (χ1) is 11.3. The van der Waals surface area contributed by atoms with Gasteiger partial charge in [-0.2, -0.15) is 0 Å². The third-order valence-corrected chi connectivity index (χ3v) is 4.16. The highest BCUT2D eigenvalue weighted by Crippen LogP contribution is 2.40.